The summed E-state index contributed by atoms with van der Waals surface area (Å²) in [5.41, 5.74) is 2.74. The Kier molecular flexibility index (Phi) is 7.17. The van der Waals surface area contributed by atoms with Crippen molar-refractivity contribution in [2.24, 2.45) is 0 Å². The second-order valence-corrected chi connectivity index (χ2v) is 17.3. The Balaban J connectivity index is 1.65. The zero-order valence-corrected chi connectivity index (χ0v) is 22.9. The maximum Gasteiger partial charge on any atom is 0.258 e. The molecular weight excluding hydrogens is 465 g/mol. The number of phenolic OH excluding ortho intramolecular Hbond substituents is 1. The highest BCUT2D eigenvalue weighted by atomic mass is 32.2. The average molecular weight is 499 g/mol. The molecule has 1 aliphatic rings. The number of thioether (sulfide) groups is 1. The molecule has 0 unspecified atom stereocenters. The third-order valence-corrected chi connectivity index (χ3v) is 15.2. The molecule has 0 fully saturated rings. The lowest BCUT2D eigenvalue weighted by Crippen LogP contribution is -2.50. The third-order valence-electron chi connectivity index (χ3n) is 6.74. The molecule has 3 aromatic rings. The van der Waals surface area contributed by atoms with Crippen LogP contribution in [0.1, 0.15) is 63.3 Å². The van der Waals surface area contributed by atoms with Gasteiger partial charge in [-0.2, -0.15) is 0 Å². The van der Waals surface area contributed by atoms with Crippen LogP contribution in [-0.2, 0) is 0 Å². The molecular formula is C27H34O3S2Si. The van der Waals surface area contributed by atoms with Crippen LogP contribution >= 0.6 is 23.1 Å². The van der Waals surface area contributed by atoms with E-state index in [4.69, 9.17) is 9.16 Å². The summed E-state index contributed by atoms with van der Waals surface area (Å²) in [6.07, 6.45) is -0.109. The molecule has 2 aromatic carbocycles. The van der Waals surface area contributed by atoms with E-state index >= 15 is 0 Å². The minimum atomic E-state index is -1.99. The van der Waals surface area contributed by atoms with Crippen LogP contribution in [0.4, 0.5) is 0 Å². The van der Waals surface area contributed by atoms with Crippen molar-refractivity contribution in [2.45, 2.75) is 74.4 Å². The fraction of sp³-hybridized carbons (Fsp3) is 0.407. The monoisotopic (exact) mass is 498 g/mol. The van der Waals surface area contributed by atoms with Crippen molar-refractivity contribution in [1.29, 1.82) is 0 Å². The van der Waals surface area contributed by atoms with E-state index in [1.54, 1.807) is 35.2 Å². The molecule has 0 spiro atoms. The van der Waals surface area contributed by atoms with Gasteiger partial charge in [0.2, 0.25) is 0 Å². The van der Waals surface area contributed by atoms with Gasteiger partial charge in [0.25, 0.3) is 8.32 Å². The van der Waals surface area contributed by atoms with E-state index in [9.17, 15) is 5.11 Å². The van der Waals surface area contributed by atoms with Gasteiger partial charge >= 0.3 is 0 Å². The summed E-state index contributed by atoms with van der Waals surface area (Å²) < 4.78 is 13.4. The number of rotatable bonds is 7. The van der Waals surface area contributed by atoms with Gasteiger partial charge in [-0.05, 0) is 64.0 Å². The molecule has 3 nitrogen and oxygen atoms in total. The highest BCUT2D eigenvalue weighted by Gasteiger charge is 2.47. The second kappa shape index (κ2) is 9.77. The van der Waals surface area contributed by atoms with Crippen molar-refractivity contribution in [1.82, 2.24) is 0 Å². The Morgan fingerprint density at radius 3 is 2.15 bits per heavy atom. The Morgan fingerprint density at radius 2 is 1.58 bits per heavy atom. The molecule has 4 rings (SSSR count). The van der Waals surface area contributed by atoms with Crippen LogP contribution in [-0.4, -0.2) is 13.4 Å². The van der Waals surface area contributed by atoms with Crippen LogP contribution in [0.15, 0.2) is 64.9 Å². The molecule has 1 aromatic heterocycles. The van der Waals surface area contributed by atoms with Gasteiger partial charge < -0.3 is 14.3 Å². The minimum Gasteiger partial charge on any atom is -0.543 e. The molecule has 0 amide bonds. The molecule has 0 radical (unpaired) electrons. The first-order chi connectivity index (χ1) is 15.7. The molecule has 1 N–H and O–H groups in total. The van der Waals surface area contributed by atoms with Gasteiger partial charge in [0.05, 0.1) is 10.1 Å². The first-order valence-corrected chi connectivity index (χ1v) is 15.6. The van der Waals surface area contributed by atoms with E-state index in [0.717, 1.165) is 22.0 Å². The number of benzene rings is 2. The maximum atomic E-state index is 9.95. The van der Waals surface area contributed by atoms with Crippen molar-refractivity contribution in [3.8, 4) is 17.2 Å². The van der Waals surface area contributed by atoms with Crippen LogP contribution in [0.2, 0.25) is 16.6 Å². The summed E-state index contributed by atoms with van der Waals surface area (Å²) in [5, 5.41) is 12.2. The van der Waals surface area contributed by atoms with Crippen molar-refractivity contribution in [3.05, 3.63) is 70.4 Å². The highest BCUT2D eigenvalue weighted by Crippen LogP contribution is 2.54. The molecule has 0 aliphatic carbocycles. The maximum absolute atomic E-state index is 9.95. The molecule has 0 bridgehead atoms. The number of phenols is 1. The number of hydrogen-bond donors (Lipinski definition) is 1. The van der Waals surface area contributed by atoms with Crippen molar-refractivity contribution in [2.75, 3.05) is 0 Å². The summed E-state index contributed by atoms with van der Waals surface area (Å²) in [7, 11) is -1.99. The molecule has 0 saturated carbocycles. The second-order valence-electron chi connectivity index (χ2n) is 9.71. The molecule has 0 saturated heterocycles. The Morgan fingerprint density at radius 1 is 0.909 bits per heavy atom. The Bertz CT molecular complexity index is 1040. The fourth-order valence-corrected chi connectivity index (χ4v) is 12.8. The molecule has 2 atom stereocenters. The smallest absolute Gasteiger partial charge is 0.258 e. The number of thiophene rings is 1. The van der Waals surface area contributed by atoms with Crippen molar-refractivity contribution < 1.29 is 14.3 Å². The third kappa shape index (κ3) is 4.70. The fourth-order valence-electron chi connectivity index (χ4n) is 5.27. The minimum absolute atomic E-state index is 0.109. The first kappa shape index (κ1) is 24.2. The molecule has 176 valence electrons. The predicted octanol–water partition coefficient (Wildman–Crippen LogP) is 8.98. The number of hydrogen-bond acceptors (Lipinski definition) is 5. The van der Waals surface area contributed by atoms with Gasteiger partial charge in [-0.15, -0.1) is 23.1 Å². The predicted molar refractivity (Wildman–Crippen MR) is 143 cm³/mol. The number of aromatic hydroxyl groups is 1. The zero-order chi connectivity index (χ0) is 23.8. The topological polar surface area (TPSA) is 38.7 Å². The summed E-state index contributed by atoms with van der Waals surface area (Å²) in [6.45, 7) is 13.9. The van der Waals surface area contributed by atoms with Gasteiger partial charge in [-0.3, -0.25) is 0 Å². The normalized spacial score (nSPS) is 18.5. The van der Waals surface area contributed by atoms with Crippen LogP contribution in [0, 0.1) is 0 Å². The summed E-state index contributed by atoms with van der Waals surface area (Å²) in [4.78, 5) is 2.25. The van der Waals surface area contributed by atoms with E-state index in [-0.39, 0.29) is 17.1 Å². The van der Waals surface area contributed by atoms with Crippen molar-refractivity contribution >= 4 is 31.4 Å². The lowest BCUT2D eigenvalue weighted by atomic mass is 10.0. The van der Waals surface area contributed by atoms with E-state index in [2.05, 4.69) is 83.3 Å². The molecule has 33 heavy (non-hydrogen) atoms. The highest BCUT2D eigenvalue weighted by molar-refractivity contribution is 7.99. The first-order valence-electron chi connectivity index (χ1n) is 11.7. The van der Waals surface area contributed by atoms with E-state index in [0.29, 0.717) is 16.6 Å². The standard InChI is InChI=1S/C27H34O3S2Si/c1-17(2)33(18(3)4,19(5)6)30-22-12-9-20(10-13-22)26-27(24-8-7-15-31-24)32-25-16-21(28)11-14-23(25)29-26/h7-19,26-28H,1-6H3/t26-,27+/m1/s1. The molecule has 2 heterocycles. The largest absolute Gasteiger partial charge is 0.543 e. The van der Waals surface area contributed by atoms with E-state index < -0.39 is 8.32 Å². The zero-order valence-electron chi connectivity index (χ0n) is 20.2. The summed E-state index contributed by atoms with van der Waals surface area (Å²) in [5.74, 6) is 2.05. The summed E-state index contributed by atoms with van der Waals surface area (Å²) in [6, 6.07) is 18.2. The van der Waals surface area contributed by atoms with Gasteiger partial charge in [0.15, 0.2) is 0 Å². The molecule has 6 heteroatoms. The van der Waals surface area contributed by atoms with Gasteiger partial charge in [0, 0.05) is 4.88 Å². The lowest BCUT2D eigenvalue weighted by molar-refractivity contribution is 0.191. The van der Waals surface area contributed by atoms with Crippen LogP contribution in [0.5, 0.6) is 17.2 Å². The van der Waals surface area contributed by atoms with E-state index in [1.807, 2.05) is 6.07 Å². The van der Waals surface area contributed by atoms with Crippen molar-refractivity contribution in [3.63, 3.8) is 0 Å². The number of fused-ring (bicyclic) bond motifs is 1. The average Bonchev–Trinajstić information content (AvgIpc) is 3.31. The van der Waals surface area contributed by atoms with Gasteiger partial charge in [-0.1, -0.05) is 59.7 Å². The van der Waals surface area contributed by atoms with E-state index in [1.165, 1.54) is 4.88 Å². The Hall–Kier alpha value is -1.89. The Labute approximate surface area is 207 Å². The van der Waals surface area contributed by atoms with Gasteiger partial charge in [0.1, 0.15) is 23.4 Å². The van der Waals surface area contributed by atoms with Crippen LogP contribution in [0.25, 0.3) is 0 Å². The lowest BCUT2D eigenvalue weighted by Gasteiger charge is -2.42. The number of ether oxygens (including phenoxy) is 1. The van der Waals surface area contributed by atoms with Crippen LogP contribution < -0.4 is 9.16 Å². The van der Waals surface area contributed by atoms with Gasteiger partial charge in [-0.25, -0.2) is 0 Å². The molecule has 1 aliphatic heterocycles. The SMILES string of the molecule is CC(C)[Si](Oc1ccc([C@H]2Oc3ccc(O)cc3S[C@H]2c2cccs2)cc1)(C(C)C)C(C)C. The quantitative estimate of drug-likeness (QED) is 0.330. The van der Waals surface area contributed by atoms with Crippen LogP contribution in [0.3, 0.4) is 0 Å². The summed E-state index contributed by atoms with van der Waals surface area (Å²) >= 11 is 3.50.